The van der Waals surface area contributed by atoms with E-state index in [1.54, 1.807) is 0 Å². The zero-order valence-corrected chi connectivity index (χ0v) is 9.63. The molecule has 1 saturated heterocycles. The number of hydrogen-bond donors (Lipinski definition) is 1. The van der Waals surface area contributed by atoms with E-state index in [1.807, 2.05) is 0 Å². The quantitative estimate of drug-likeness (QED) is 0.741. The number of nitrogens with zero attached hydrogens (tertiary/aromatic N) is 1. The van der Waals surface area contributed by atoms with Gasteiger partial charge in [0, 0.05) is 31.7 Å². The maximum atomic E-state index is 3.59. The van der Waals surface area contributed by atoms with Gasteiger partial charge in [-0.3, -0.25) is 4.90 Å². The van der Waals surface area contributed by atoms with Crippen LogP contribution in [0, 0.1) is 5.92 Å². The predicted molar refractivity (Wildman–Crippen MR) is 60.5 cm³/mol. The second kappa shape index (κ2) is 4.63. The first-order chi connectivity index (χ1) is 6.81. The molecule has 0 amide bonds. The Hall–Kier alpha value is -0.0800. The minimum atomic E-state index is 0.742. The van der Waals surface area contributed by atoms with Crippen molar-refractivity contribution in [3.8, 4) is 0 Å². The average molecular weight is 196 g/mol. The van der Waals surface area contributed by atoms with Crippen molar-refractivity contribution in [2.24, 2.45) is 5.92 Å². The largest absolute Gasteiger partial charge is 0.311 e. The Labute approximate surface area is 88.1 Å². The summed E-state index contributed by atoms with van der Waals surface area (Å²) in [4.78, 5) is 2.70. The van der Waals surface area contributed by atoms with E-state index in [9.17, 15) is 0 Å². The van der Waals surface area contributed by atoms with E-state index in [0.717, 1.165) is 18.0 Å². The Kier molecular flexibility index (Phi) is 3.45. The van der Waals surface area contributed by atoms with Crippen molar-refractivity contribution in [3.05, 3.63) is 0 Å². The van der Waals surface area contributed by atoms with Gasteiger partial charge in [-0.25, -0.2) is 0 Å². The molecule has 1 N–H and O–H groups in total. The molecule has 14 heavy (non-hydrogen) atoms. The Bertz CT molecular complexity index is 177. The number of hydrogen-bond acceptors (Lipinski definition) is 2. The second-order valence-electron chi connectivity index (χ2n) is 4.99. The molecular weight excluding hydrogens is 172 g/mol. The SMILES string of the molecule is CCC1CN(C(C)C2CCC2)CCN1. The van der Waals surface area contributed by atoms with Crippen molar-refractivity contribution < 1.29 is 0 Å². The van der Waals surface area contributed by atoms with Gasteiger partial charge in [-0.05, 0) is 32.1 Å². The zero-order chi connectivity index (χ0) is 9.97. The van der Waals surface area contributed by atoms with E-state index < -0.39 is 0 Å². The van der Waals surface area contributed by atoms with Crippen LogP contribution in [0.5, 0.6) is 0 Å². The van der Waals surface area contributed by atoms with Crippen LogP contribution in [0.25, 0.3) is 0 Å². The van der Waals surface area contributed by atoms with Crippen molar-refractivity contribution >= 4 is 0 Å². The molecule has 1 aliphatic carbocycles. The molecule has 0 aromatic rings. The molecule has 0 radical (unpaired) electrons. The molecule has 0 aromatic heterocycles. The van der Waals surface area contributed by atoms with Gasteiger partial charge >= 0.3 is 0 Å². The van der Waals surface area contributed by atoms with Crippen LogP contribution in [0.15, 0.2) is 0 Å². The van der Waals surface area contributed by atoms with E-state index in [4.69, 9.17) is 0 Å². The average Bonchev–Trinajstić information content (AvgIpc) is 2.15. The lowest BCUT2D eigenvalue weighted by Gasteiger charge is -2.43. The highest BCUT2D eigenvalue weighted by molar-refractivity contribution is 4.86. The van der Waals surface area contributed by atoms with Crippen molar-refractivity contribution in [2.75, 3.05) is 19.6 Å². The van der Waals surface area contributed by atoms with E-state index in [1.165, 1.54) is 45.3 Å². The maximum absolute atomic E-state index is 3.59. The molecule has 0 spiro atoms. The van der Waals surface area contributed by atoms with Crippen molar-refractivity contribution in [1.82, 2.24) is 10.2 Å². The van der Waals surface area contributed by atoms with Gasteiger partial charge < -0.3 is 5.32 Å². The van der Waals surface area contributed by atoms with Crippen LogP contribution >= 0.6 is 0 Å². The fourth-order valence-corrected chi connectivity index (χ4v) is 2.71. The summed E-state index contributed by atoms with van der Waals surface area (Å²) in [6.07, 6.45) is 5.69. The number of nitrogens with one attached hydrogen (secondary N) is 1. The summed E-state index contributed by atoms with van der Waals surface area (Å²) in [5.41, 5.74) is 0. The molecule has 2 nitrogen and oxygen atoms in total. The van der Waals surface area contributed by atoms with Crippen LogP contribution in [0.4, 0.5) is 0 Å². The molecule has 1 saturated carbocycles. The van der Waals surface area contributed by atoms with Crippen LogP contribution in [-0.4, -0.2) is 36.6 Å². The van der Waals surface area contributed by atoms with Gasteiger partial charge in [0.15, 0.2) is 0 Å². The number of piperazine rings is 1. The molecule has 2 rings (SSSR count). The third-order valence-corrected chi connectivity index (χ3v) is 4.19. The van der Waals surface area contributed by atoms with Gasteiger partial charge in [0.1, 0.15) is 0 Å². The van der Waals surface area contributed by atoms with E-state index >= 15 is 0 Å². The third kappa shape index (κ3) is 2.12. The lowest BCUT2D eigenvalue weighted by atomic mass is 9.79. The maximum Gasteiger partial charge on any atom is 0.0193 e. The Morgan fingerprint density at radius 1 is 1.43 bits per heavy atom. The fourth-order valence-electron chi connectivity index (χ4n) is 2.71. The van der Waals surface area contributed by atoms with Crippen LogP contribution in [0.2, 0.25) is 0 Å². The van der Waals surface area contributed by atoms with Crippen LogP contribution in [-0.2, 0) is 0 Å². The van der Waals surface area contributed by atoms with Gasteiger partial charge in [0.05, 0.1) is 0 Å². The van der Waals surface area contributed by atoms with E-state index in [2.05, 4.69) is 24.1 Å². The topological polar surface area (TPSA) is 15.3 Å². The Morgan fingerprint density at radius 3 is 2.79 bits per heavy atom. The van der Waals surface area contributed by atoms with E-state index in [-0.39, 0.29) is 0 Å². The molecule has 2 fully saturated rings. The minimum absolute atomic E-state index is 0.742. The standard InChI is InChI=1S/C12H24N2/c1-3-12-9-14(8-7-13-12)10(2)11-5-4-6-11/h10-13H,3-9H2,1-2H3. The summed E-state index contributed by atoms with van der Waals surface area (Å²) in [7, 11) is 0. The van der Waals surface area contributed by atoms with Gasteiger partial charge in [-0.2, -0.15) is 0 Å². The molecule has 2 heteroatoms. The summed E-state index contributed by atoms with van der Waals surface area (Å²) in [5, 5.41) is 3.59. The summed E-state index contributed by atoms with van der Waals surface area (Å²) in [6.45, 7) is 8.44. The third-order valence-electron chi connectivity index (χ3n) is 4.19. The molecular formula is C12H24N2. The highest BCUT2D eigenvalue weighted by Gasteiger charge is 2.30. The Balaban J connectivity index is 1.83. The van der Waals surface area contributed by atoms with Gasteiger partial charge in [0.2, 0.25) is 0 Å². The molecule has 82 valence electrons. The highest BCUT2D eigenvalue weighted by atomic mass is 15.2. The predicted octanol–water partition coefficient (Wildman–Crippen LogP) is 1.86. The molecule has 1 heterocycles. The van der Waals surface area contributed by atoms with Crippen molar-refractivity contribution in [2.45, 2.75) is 51.6 Å². The van der Waals surface area contributed by atoms with Gasteiger partial charge in [-0.15, -0.1) is 0 Å². The Morgan fingerprint density at radius 2 is 2.21 bits per heavy atom. The molecule has 0 bridgehead atoms. The first-order valence-electron chi connectivity index (χ1n) is 6.28. The minimum Gasteiger partial charge on any atom is -0.311 e. The molecule has 2 atom stereocenters. The smallest absolute Gasteiger partial charge is 0.0193 e. The first-order valence-corrected chi connectivity index (χ1v) is 6.28. The normalized spacial score (nSPS) is 32.6. The summed E-state index contributed by atoms with van der Waals surface area (Å²) in [5.74, 6) is 1.01. The van der Waals surface area contributed by atoms with Crippen LogP contribution in [0.1, 0.15) is 39.5 Å². The number of rotatable bonds is 3. The summed E-state index contributed by atoms with van der Waals surface area (Å²) < 4.78 is 0. The molecule has 0 aromatic carbocycles. The van der Waals surface area contributed by atoms with Crippen LogP contribution in [0.3, 0.4) is 0 Å². The lowest BCUT2D eigenvalue weighted by molar-refractivity contribution is 0.0792. The first kappa shape index (κ1) is 10.4. The van der Waals surface area contributed by atoms with Gasteiger partial charge in [0.25, 0.3) is 0 Å². The zero-order valence-electron chi connectivity index (χ0n) is 9.63. The monoisotopic (exact) mass is 196 g/mol. The molecule has 2 unspecified atom stereocenters. The summed E-state index contributed by atoms with van der Waals surface area (Å²) in [6, 6.07) is 1.58. The van der Waals surface area contributed by atoms with Crippen molar-refractivity contribution in [1.29, 1.82) is 0 Å². The van der Waals surface area contributed by atoms with Crippen LogP contribution < -0.4 is 5.32 Å². The molecule has 2 aliphatic rings. The second-order valence-corrected chi connectivity index (χ2v) is 4.99. The molecule has 1 aliphatic heterocycles. The fraction of sp³-hybridized carbons (Fsp3) is 1.00. The highest BCUT2D eigenvalue weighted by Crippen LogP contribution is 2.32. The van der Waals surface area contributed by atoms with E-state index in [0.29, 0.717) is 0 Å². The summed E-state index contributed by atoms with van der Waals surface area (Å²) >= 11 is 0. The van der Waals surface area contributed by atoms with Crippen molar-refractivity contribution in [3.63, 3.8) is 0 Å². The van der Waals surface area contributed by atoms with Gasteiger partial charge in [-0.1, -0.05) is 13.3 Å². The lowest BCUT2D eigenvalue weighted by Crippen LogP contribution is -2.55.